The van der Waals surface area contributed by atoms with Crippen LogP contribution in [-0.2, 0) is 32.7 Å². The van der Waals surface area contributed by atoms with Crippen LogP contribution in [-0.4, -0.2) is 70.0 Å². The summed E-state index contributed by atoms with van der Waals surface area (Å²) in [6, 6.07) is 0. The Hall–Kier alpha value is -2.03. The van der Waals surface area contributed by atoms with Gasteiger partial charge in [-0.2, -0.15) is 0 Å². The van der Waals surface area contributed by atoms with Crippen molar-refractivity contribution in [2.45, 2.75) is 309 Å². The van der Waals surface area contributed by atoms with Crippen molar-refractivity contribution in [1.29, 1.82) is 0 Å². The first kappa shape index (κ1) is 73.0. The van der Waals surface area contributed by atoms with Crippen LogP contribution in [0.5, 0.6) is 0 Å². The van der Waals surface area contributed by atoms with Gasteiger partial charge in [0.15, 0.2) is 6.10 Å². The Kier molecular flexibility index (Phi) is 55.1. The molecule has 0 aromatic carbocycles. The summed E-state index contributed by atoms with van der Waals surface area (Å²) in [7, 11) is 1.18. The lowest BCUT2D eigenvalue weighted by Gasteiger charge is -2.28. The molecular weight excluding hydrogens is 954 g/mol. The van der Waals surface area contributed by atoms with Crippen molar-refractivity contribution in [3.63, 3.8) is 0 Å². The Bertz CT molecular complexity index is 1410. The molecule has 0 amide bonds. The number of hydrogen-bond acceptors (Lipinski definition) is 8. The lowest BCUT2D eigenvalue weighted by Crippen LogP contribution is -2.37. The van der Waals surface area contributed by atoms with E-state index in [2.05, 4.69) is 62.5 Å². The summed E-state index contributed by atoms with van der Waals surface area (Å²) in [6.45, 7) is 4.14. The summed E-state index contributed by atoms with van der Waals surface area (Å²) in [4.78, 5) is 37.7. The first-order chi connectivity index (χ1) is 36.5. The zero-order valence-corrected chi connectivity index (χ0v) is 50.9. The maximum atomic E-state index is 12.8. The van der Waals surface area contributed by atoms with Crippen molar-refractivity contribution < 1.29 is 42.1 Å². The molecule has 0 saturated carbocycles. The number of hydrogen-bond donors (Lipinski definition) is 0. The van der Waals surface area contributed by atoms with Crippen LogP contribution in [0.1, 0.15) is 303 Å². The average molecular weight is 1080 g/mol. The molecule has 0 bridgehead atoms. The van der Waals surface area contributed by atoms with Crippen molar-refractivity contribution in [2.24, 2.45) is 0 Å². The molecule has 75 heavy (non-hydrogen) atoms. The number of allylic oxidation sites excluding steroid dienone is 8. The van der Waals surface area contributed by atoms with E-state index in [1.807, 2.05) is 21.1 Å². The smallest absolute Gasteiger partial charge is 0.306 e. The van der Waals surface area contributed by atoms with Crippen molar-refractivity contribution in [1.82, 2.24) is 0 Å². The molecule has 0 aromatic heterocycles. The minimum Gasteiger partial charge on any atom is -0.756 e. The lowest BCUT2D eigenvalue weighted by atomic mass is 10.0. The Balaban J connectivity index is 3.79. The van der Waals surface area contributed by atoms with Gasteiger partial charge in [-0.3, -0.25) is 14.2 Å². The molecule has 9 nitrogen and oxygen atoms in total. The van der Waals surface area contributed by atoms with Gasteiger partial charge in [0.25, 0.3) is 7.82 Å². The first-order valence-electron chi connectivity index (χ1n) is 31.8. The Morgan fingerprint density at radius 1 is 0.427 bits per heavy atom. The molecule has 0 radical (unpaired) electrons. The van der Waals surface area contributed by atoms with Crippen LogP contribution < -0.4 is 4.89 Å². The highest BCUT2D eigenvalue weighted by Crippen LogP contribution is 2.38. The second-order valence-corrected chi connectivity index (χ2v) is 24.2. The monoisotopic (exact) mass is 1080 g/mol. The van der Waals surface area contributed by atoms with Crippen LogP contribution in [0.25, 0.3) is 0 Å². The van der Waals surface area contributed by atoms with E-state index in [0.717, 1.165) is 57.8 Å². The molecule has 0 N–H and O–H groups in total. The molecule has 2 unspecified atom stereocenters. The van der Waals surface area contributed by atoms with E-state index < -0.39 is 26.5 Å². The Labute approximate surface area is 464 Å². The van der Waals surface area contributed by atoms with Crippen LogP contribution in [0.2, 0.25) is 0 Å². The van der Waals surface area contributed by atoms with E-state index in [1.54, 1.807) is 0 Å². The van der Waals surface area contributed by atoms with Gasteiger partial charge >= 0.3 is 11.9 Å². The number of unbranched alkanes of at least 4 members (excludes halogenated alkanes) is 37. The number of likely N-dealkylation sites (N-methyl/N-ethyl adjacent to an activating group) is 1. The van der Waals surface area contributed by atoms with Crippen molar-refractivity contribution in [3.8, 4) is 0 Å². The second kappa shape index (κ2) is 56.7. The fourth-order valence-corrected chi connectivity index (χ4v) is 9.97. The SMILES string of the molecule is CC/C=C\C/C=C\C/C=C\C/C=C\CCCCCCCCCCCCCCCCCCCCCCCCCCCCCCC(=O)OC(COC(=O)CCCCCCCCCCCC)COP(=O)([O-])OCC[N+](C)(C)C. The van der Waals surface area contributed by atoms with E-state index in [9.17, 15) is 19.0 Å². The highest BCUT2D eigenvalue weighted by Gasteiger charge is 2.22. The predicted molar refractivity (Wildman–Crippen MR) is 319 cm³/mol. The van der Waals surface area contributed by atoms with Crippen molar-refractivity contribution >= 4 is 19.8 Å². The first-order valence-corrected chi connectivity index (χ1v) is 33.3. The number of esters is 2. The third-order valence-electron chi connectivity index (χ3n) is 14.1. The van der Waals surface area contributed by atoms with E-state index >= 15 is 0 Å². The lowest BCUT2D eigenvalue weighted by molar-refractivity contribution is -0.870. The fraction of sp³-hybridized carbons (Fsp3) is 0.846. The van der Waals surface area contributed by atoms with E-state index in [0.29, 0.717) is 17.4 Å². The zero-order chi connectivity index (χ0) is 54.9. The summed E-state index contributed by atoms with van der Waals surface area (Å²) in [5.74, 6) is -0.820. The number of ether oxygens (including phenoxy) is 2. The number of carbonyl (C=O) groups excluding carboxylic acids is 2. The fourth-order valence-electron chi connectivity index (χ4n) is 9.24. The number of phosphoric acid groups is 1. The molecular formula is C65H122NO8P. The quantitative estimate of drug-likeness (QED) is 0.0195. The van der Waals surface area contributed by atoms with Gasteiger partial charge in [0.05, 0.1) is 27.7 Å². The minimum atomic E-state index is -4.63. The molecule has 0 aliphatic heterocycles. The van der Waals surface area contributed by atoms with Gasteiger partial charge in [-0.05, 0) is 51.4 Å². The van der Waals surface area contributed by atoms with Crippen LogP contribution in [0.4, 0.5) is 0 Å². The van der Waals surface area contributed by atoms with E-state index in [4.69, 9.17) is 18.5 Å². The highest BCUT2D eigenvalue weighted by atomic mass is 31.2. The summed E-state index contributed by atoms with van der Waals surface area (Å²) >= 11 is 0. The topological polar surface area (TPSA) is 111 Å². The van der Waals surface area contributed by atoms with Crippen LogP contribution >= 0.6 is 7.82 Å². The van der Waals surface area contributed by atoms with Crippen LogP contribution in [0.15, 0.2) is 48.6 Å². The minimum absolute atomic E-state index is 0.0275. The molecule has 440 valence electrons. The Morgan fingerprint density at radius 2 is 0.760 bits per heavy atom. The van der Waals surface area contributed by atoms with E-state index in [1.165, 1.54) is 212 Å². The maximum absolute atomic E-state index is 12.8. The molecule has 0 fully saturated rings. The molecule has 0 rings (SSSR count). The van der Waals surface area contributed by atoms with E-state index in [-0.39, 0.29) is 32.0 Å². The third kappa shape index (κ3) is 61.1. The molecule has 0 aromatic rings. The summed E-state index contributed by atoms with van der Waals surface area (Å²) in [5.41, 5.74) is 0. The molecule has 0 spiro atoms. The average Bonchev–Trinajstić information content (AvgIpc) is 3.37. The number of nitrogens with zero attached hydrogens (tertiary/aromatic N) is 1. The van der Waals surface area contributed by atoms with Gasteiger partial charge in [0.2, 0.25) is 0 Å². The maximum Gasteiger partial charge on any atom is 0.306 e. The molecule has 2 atom stereocenters. The highest BCUT2D eigenvalue weighted by molar-refractivity contribution is 7.45. The number of quaternary nitrogens is 1. The number of phosphoric ester groups is 1. The third-order valence-corrected chi connectivity index (χ3v) is 15.1. The van der Waals surface area contributed by atoms with Gasteiger partial charge in [0.1, 0.15) is 19.8 Å². The number of carbonyl (C=O) groups is 2. The van der Waals surface area contributed by atoms with Gasteiger partial charge < -0.3 is 27.9 Å². The van der Waals surface area contributed by atoms with Gasteiger partial charge in [0, 0.05) is 12.8 Å². The standard InChI is InChI=1S/C65H122NO8P/c1-6-8-10-12-14-16-18-19-20-21-22-23-24-25-26-27-28-29-30-31-32-33-34-35-36-37-38-39-40-41-42-43-44-45-46-47-48-50-52-54-56-58-65(68)74-63(62-73-75(69,70)72-60-59-66(3,4)5)61-71-64(67)57-55-53-51-49-17-15-13-11-9-7-2/h8,10,14,16,19-20,22-23,63H,6-7,9,11-13,15,17-18,21,24-62H2,1-5H3/b10-8-,16-14-,20-19-,23-22-. The van der Waals surface area contributed by atoms with Gasteiger partial charge in [-0.15, -0.1) is 0 Å². The number of rotatable bonds is 59. The second-order valence-electron chi connectivity index (χ2n) is 22.8. The summed E-state index contributed by atoms with van der Waals surface area (Å²) < 4.78 is 34.1. The summed E-state index contributed by atoms with van der Waals surface area (Å²) in [5, 5.41) is 0. The van der Waals surface area contributed by atoms with Crippen LogP contribution in [0, 0.1) is 0 Å². The van der Waals surface area contributed by atoms with Crippen molar-refractivity contribution in [2.75, 3.05) is 47.5 Å². The largest absolute Gasteiger partial charge is 0.756 e. The predicted octanol–water partition coefficient (Wildman–Crippen LogP) is 19.5. The van der Waals surface area contributed by atoms with Crippen molar-refractivity contribution in [3.05, 3.63) is 48.6 Å². The van der Waals surface area contributed by atoms with Gasteiger partial charge in [-0.25, -0.2) is 0 Å². The molecule has 0 heterocycles. The van der Waals surface area contributed by atoms with Crippen LogP contribution in [0.3, 0.4) is 0 Å². The zero-order valence-electron chi connectivity index (χ0n) is 50.0. The van der Waals surface area contributed by atoms with Gasteiger partial charge in [-0.1, -0.05) is 287 Å². The molecule has 10 heteroatoms. The normalized spacial score (nSPS) is 13.5. The molecule has 0 aliphatic carbocycles. The summed E-state index contributed by atoms with van der Waals surface area (Å²) in [6.07, 6.45) is 72.2. The Morgan fingerprint density at radius 3 is 1.13 bits per heavy atom. The molecule has 0 saturated heterocycles. The molecule has 0 aliphatic rings.